The second-order valence-corrected chi connectivity index (χ2v) is 7.28. The van der Waals surface area contributed by atoms with Gasteiger partial charge in [0.2, 0.25) is 0 Å². The van der Waals surface area contributed by atoms with Crippen LogP contribution in [0.3, 0.4) is 0 Å². The molecule has 2 heterocycles. The molecule has 31 heavy (non-hydrogen) atoms. The molecule has 0 aliphatic heterocycles. The summed E-state index contributed by atoms with van der Waals surface area (Å²) in [7, 11) is 1.62. The van der Waals surface area contributed by atoms with Gasteiger partial charge >= 0.3 is 0 Å². The Morgan fingerprint density at radius 1 is 1.10 bits per heavy atom. The first-order valence-corrected chi connectivity index (χ1v) is 10.2. The predicted molar refractivity (Wildman–Crippen MR) is 121 cm³/mol. The van der Waals surface area contributed by atoms with Crippen molar-refractivity contribution >= 4 is 16.7 Å². The Hall–Kier alpha value is -3.80. The van der Waals surface area contributed by atoms with Crippen molar-refractivity contribution in [1.82, 2.24) is 4.98 Å². The van der Waals surface area contributed by atoms with Crippen LogP contribution in [0.25, 0.3) is 10.9 Å². The van der Waals surface area contributed by atoms with E-state index in [2.05, 4.69) is 15.3 Å². The standard InChI is InChI=1S/C25H25N3O3/c1-4-31-20-10-8-18(15-21(20)30-3)23(28-22-14-16(2)11-13-26-22)19-9-7-17-6-5-12-27-24(17)25(19)29/h5-15,23,29H,4H2,1-3H3,(H,26,28)/p+1/t23-/m0/s1. The number of aromatic nitrogens is 2. The van der Waals surface area contributed by atoms with Crippen molar-refractivity contribution in [2.75, 3.05) is 19.0 Å². The number of rotatable bonds is 7. The Morgan fingerprint density at radius 3 is 2.74 bits per heavy atom. The van der Waals surface area contributed by atoms with Crippen LogP contribution >= 0.6 is 0 Å². The van der Waals surface area contributed by atoms with E-state index in [1.54, 1.807) is 13.3 Å². The summed E-state index contributed by atoms with van der Waals surface area (Å²) in [4.78, 5) is 7.61. The highest BCUT2D eigenvalue weighted by Gasteiger charge is 2.25. The average Bonchev–Trinajstić information content (AvgIpc) is 2.79. The Labute approximate surface area is 181 Å². The number of benzene rings is 2. The summed E-state index contributed by atoms with van der Waals surface area (Å²) in [6, 6.07) is 17.2. The lowest BCUT2D eigenvalue weighted by Gasteiger charge is -2.19. The van der Waals surface area contributed by atoms with Crippen LogP contribution in [0.1, 0.15) is 29.7 Å². The van der Waals surface area contributed by atoms with Gasteiger partial charge in [-0.3, -0.25) is 10.3 Å². The predicted octanol–water partition coefficient (Wildman–Crippen LogP) is 4.67. The Morgan fingerprint density at radius 2 is 1.97 bits per heavy atom. The number of H-pyrrole nitrogens is 1. The molecule has 0 radical (unpaired) electrons. The summed E-state index contributed by atoms with van der Waals surface area (Å²) < 4.78 is 11.2. The van der Waals surface area contributed by atoms with Crippen LogP contribution in [-0.4, -0.2) is 23.8 Å². The van der Waals surface area contributed by atoms with Crippen LogP contribution in [-0.2, 0) is 0 Å². The Balaban J connectivity index is 1.85. The van der Waals surface area contributed by atoms with Crippen LogP contribution in [0, 0.1) is 6.92 Å². The van der Waals surface area contributed by atoms with Gasteiger partial charge < -0.3 is 14.6 Å². The zero-order valence-electron chi connectivity index (χ0n) is 17.8. The van der Waals surface area contributed by atoms with Gasteiger partial charge in [0.1, 0.15) is 17.3 Å². The van der Waals surface area contributed by atoms with Gasteiger partial charge in [0.15, 0.2) is 11.5 Å². The number of hydrogen-bond acceptors (Lipinski definition) is 5. The SMILES string of the molecule is CCOc1ccc([C@H](Nc2cc(C)cc[nH+]2)c2ccc3cccnc3c2O)cc1OC. The number of hydrogen-bond donors (Lipinski definition) is 2. The van der Waals surface area contributed by atoms with Gasteiger partial charge in [0.05, 0.1) is 19.9 Å². The first kappa shape index (κ1) is 20.5. The highest BCUT2D eigenvalue weighted by Crippen LogP contribution is 2.38. The van der Waals surface area contributed by atoms with Gasteiger partial charge in [-0.25, -0.2) is 4.98 Å². The number of phenolic OH excluding ortho intramolecular Hbond substituents is 1. The quantitative estimate of drug-likeness (QED) is 0.458. The van der Waals surface area contributed by atoms with E-state index in [4.69, 9.17) is 9.47 Å². The molecule has 0 bridgehead atoms. The number of anilines is 1. The minimum atomic E-state index is -0.353. The van der Waals surface area contributed by atoms with Crippen molar-refractivity contribution in [2.24, 2.45) is 0 Å². The molecule has 4 rings (SSSR count). The van der Waals surface area contributed by atoms with E-state index in [1.807, 2.05) is 74.6 Å². The molecule has 158 valence electrons. The number of nitrogens with zero attached hydrogens (tertiary/aromatic N) is 1. The van der Waals surface area contributed by atoms with Crippen LogP contribution < -0.4 is 19.8 Å². The van der Waals surface area contributed by atoms with Gasteiger partial charge in [-0.1, -0.05) is 18.2 Å². The van der Waals surface area contributed by atoms with Gasteiger partial charge in [-0.05, 0) is 49.7 Å². The zero-order valence-corrected chi connectivity index (χ0v) is 17.8. The van der Waals surface area contributed by atoms with E-state index in [9.17, 15) is 5.11 Å². The number of ether oxygens (including phenoxy) is 2. The highest BCUT2D eigenvalue weighted by atomic mass is 16.5. The van der Waals surface area contributed by atoms with Gasteiger partial charge in [-0.15, -0.1) is 0 Å². The molecule has 2 aromatic carbocycles. The average molecular weight is 417 g/mol. The van der Waals surface area contributed by atoms with Gasteiger partial charge in [0.25, 0.3) is 5.82 Å². The third kappa shape index (κ3) is 4.23. The highest BCUT2D eigenvalue weighted by molar-refractivity contribution is 5.86. The first-order chi connectivity index (χ1) is 15.1. The van der Waals surface area contributed by atoms with Crippen molar-refractivity contribution in [3.8, 4) is 17.2 Å². The fourth-order valence-corrected chi connectivity index (χ4v) is 3.68. The molecule has 0 spiro atoms. The third-order valence-corrected chi connectivity index (χ3v) is 5.17. The van der Waals surface area contributed by atoms with E-state index in [-0.39, 0.29) is 11.8 Å². The van der Waals surface area contributed by atoms with Crippen molar-refractivity contribution in [1.29, 1.82) is 0 Å². The first-order valence-electron chi connectivity index (χ1n) is 10.2. The fourth-order valence-electron chi connectivity index (χ4n) is 3.68. The Bertz CT molecular complexity index is 1210. The molecule has 0 saturated heterocycles. The number of aryl methyl sites for hydroxylation is 1. The smallest absolute Gasteiger partial charge is 0.273 e. The number of aromatic hydroxyl groups is 1. The molecule has 6 heteroatoms. The maximum atomic E-state index is 11.1. The summed E-state index contributed by atoms with van der Waals surface area (Å²) in [6.45, 7) is 4.52. The molecule has 2 aromatic heterocycles. The second-order valence-electron chi connectivity index (χ2n) is 7.28. The van der Waals surface area contributed by atoms with E-state index < -0.39 is 0 Å². The molecule has 3 N–H and O–H groups in total. The summed E-state index contributed by atoms with van der Waals surface area (Å²) in [5.41, 5.74) is 3.32. The number of aromatic amines is 1. The molecule has 0 amide bonds. The number of pyridine rings is 2. The molecule has 6 nitrogen and oxygen atoms in total. The van der Waals surface area contributed by atoms with Crippen LogP contribution in [0.4, 0.5) is 5.82 Å². The van der Waals surface area contributed by atoms with Gasteiger partial charge in [-0.2, -0.15) is 0 Å². The molecule has 0 unspecified atom stereocenters. The van der Waals surface area contributed by atoms with E-state index in [0.29, 0.717) is 29.2 Å². The largest absolute Gasteiger partial charge is 0.505 e. The number of methoxy groups -OCH3 is 1. The molecular formula is C25H26N3O3+. The number of fused-ring (bicyclic) bond motifs is 1. The normalized spacial score (nSPS) is 11.8. The lowest BCUT2D eigenvalue weighted by Crippen LogP contribution is -2.19. The molecule has 0 saturated carbocycles. The maximum Gasteiger partial charge on any atom is 0.273 e. The third-order valence-electron chi connectivity index (χ3n) is 5.17. The van der Waals surface area contributed by atoms with Crippen LogP contribution in [0.5, 0.6) is 17.2 Å². The van der Waals surface area contributed by atoms with Crippen molar-refractivity contribution in [3.63, 3.8) is 0 Å². The van der Waals surface area contributed by atoms with Crippen LogP contribution in [0.2, 0.25) is 0 Å². The Kier molecular flexibility index (Phi) is 5.89. The van der Waals surface area contributed by atoms with Crippen LogP contribution in [0.15, 0.2) is 67.0 Å². The molecule has 0 aliphatic rings. The monoisotopic (exact) mass is 416 g/mol. The summed E-state index contributed by atoms with van der Waals surface area (Å²) in [5.74, 6) is 2.30. The molecule has 0 fully saturated rings. The minimum Gasteiger partial charge on any atom is -0.505 e. The number of phenols is 1. The van der Waals surface area contributed by atoms with Crippen molar-refractivity contribution < 1.29 is 19.6 Å². The van der Waals surface area contributed by atoms with Gasteiger partial charge in [0, 0.05) is 28.8 Å². The van der Waals surface area contributed by atoms with Crippen molar-refractivity contribution in [3.05, 3.63) is 83.7 Å². The molecule has 1 atom stereocenters. The summed E-state index contributed by atoms with van der Waals surface area (Å²) in [6.07, 6.45) is 3.57. The number of nitrogens with one attached hydrogen (secondary N) is 2. The van der Waals surface area contributed by atoms with E-state index in [1.165, 1.54) is 0 Å². The van der Waals surface area contributed by atoms with E-state index in [0.717, 1.165) is 22.3 Å². The topological polar surface area (TPSA) is 77.8 Å². The lowest BCUT2D eigenvalue weighted by atomic mass is 9.95. The molecule has 0 aliphatic carbocycles. The fraction of sp³-hybridized carbons (Fsp3) is 0.200. The van der Waals surface area contributed by atoms with E-state index >= 15 is 0 Å². The lowest BCUT2D eigenvalue weighted by molar-refractivity contribution is -0.361. The minimum absolute atomic E-state index is 0.149. The zero-order chi connectivity index (χ0) is 21.8. The maximum absolute atomic E-state index is 11.1. The molecular weight excluding hydrogens is 390 g/mol. The second kappa shape index (κ2) is 8.92. The molecule has 4 aromatic rings. The summed E-state index contributed by atoms with van der Waals surface area (Å²) in [5, 5.41) is 15.5. The van der Waals surface area contributed by atoms with Crippen molar-refractivity contribution in [2.45, 2.75) is 19.9 Å². The summed E-state index contributed by atoms with van der Waals surface area (Å²) >= 11 is 0.